The maximum absolute atomic E-state index is 12.1. The van der Waals surface area contributed by atoms with Crippen molar-refractivity contribution in [3.63, 3.8) is 0 Å². The van der Waals surface area contributed by atoms with Crippen molar-refractivity contribution in [3.8, 4) is 5.75 Å². The first-order valence-electron chi connectivity index (χ1n) is 9.21. The number of carbonyl (C=O) groups is 2. The predicted molar refractivity (Wildman–Crippen MR) is 103 cm³/mol. The van der Waals surface area contributed by atoms with Crippen molar-refractivity contribution in [2.24, 2.45) is 5.92 Å². The van der Waals surface area contributed by atoms with Crippen molar-refractivity contribution in [3.05, 3.63) is 23.8 Å². The van der Waals surface area contributed by atoms with Gasteiger partial charge >= 0.3 is 12.1 Å². The van der Waals surface area contributed by atoms with E-state index in [-0.39, 0.29) is 6.09 Å². The fraction of sp³-hybridized carbons (Fsp3) is 0.600. The van der Waals surface area contributed by atoms with Gasteiger partial charge in [0.15, 0.2) is 0 Å². The van der Waals surface area contributed by atoms with E-state index in [4.69, 9.17) is 14.2 Å². The molecule has 2 rings (SSSR count). The molecule has 150 valence electrons. The van der Waals surface area contributed by atoms with Gasteiger partial charge in [-0.15, -0.1) is 0 Å². The SMILES string of the molecule is COC(=O)c1ccc(NCC2CCN(C(=O)OC(C)(C)C)CC2)cc1OC. The Kier molecular flexibility index (Phi) is 6.93. The van der Waals surface area contributed by atoms with Gasteiger partial charge in [0.25, 0.3) is 0 Å². The number of benzene rings is 1. The third-order valence-corrected chi connectivity index (χ3v) is 4.47. The van der Waals surface area contributed by atoms with E-state index < -0.39 is 11.6 Å². The van der Waals surface area contributed by atoms with Crippen LogP contribution in [-0.4, -0.2) is 56.4 Å². The summed E-state index contributed by atoms with van der Waals surface area (Å²) in [5.74, 6) is 0.523. The first kappa shape index (κ1) is 20.9. The largest absolute Gasteiger partial charge is 0.496 e. The maximum atomic E-state index is 12.1. The molecule has 1 aromatic carbocycles. The molecule has 0 aliphatic carbocycles. The number of likely N-dealkylation sites (tertiary alicyclic amines) is 1. The van der Waals surface area contributed by atoms with Crippen molar-refractivity contribution in [2.75, 3.05) is 39.2 Å². The number of ether oxygens (including phenoxy) is 3. The highest BCUT2D eigenvalue weighted by molar-refractivity contribution is 5.93. The van der Waals surface area contributed by atoms with Crippen LogP contribution in [0.15, 0.2) is 18.2 Å². The fourth-order valence-electron chi connectivity index (χ4n) is 2.99. The van der Waals surface area contributed by atoms with Gasteiger partial charge in [-0.3, -0.25) is 0 Å². The Bertz CT molecular complexity index is 661. The summed E-state index contributed by atoms with van der Waals surface area (Å²) >= 11 is 0. The summed E-state index contributed by atoms with van der Waals surface area (Å²) in [6, 6.07) is 5.32. The average Bonchev–Trinajstić information content (AvgIpc) is 2.64. The molecular formula is C20H30N2O5. The van der Waals surface area contributed by atoms with Crippen molar-refractivity contribution >= 4 is 17.7 Å². The molecule has 27 heavy (non-hydrogen) atoms. The second-order valence-corrected chi connectivity index (χ2v) is 7.70. The molecule has 0 unspecified atom stereocenters. The molecular weight excluding hydrogens is 348 g/mol. The molecule has 0 spiro atoms. The van der Waals surface area contributed by atoms with Gasteiger partial charge in [0, 0.05) is 31.4 Å². The van der Waals surface area contributed by atoms with Gasteiger partial charge in [0.05, 0.1) is 14.2 Å². The Morgan fingerprint density at radius 3 is 2.41 bits per heavy atom. The molecule has 0 radical (unpaired) electrons. The molecule has 0 saturated carbocycles. The van der Waals surface area contributed by atoms with Crippen LogP contribution in [0, 0.1) is 5.92 Å². The third-order valence-electron chi connectivity index (χ3n) is 4.47. The number of rotatable bonds is 5. The third kappa shape index (κ3) is 6.05. The number of piperidine rings is 1. The summed E-state index contributed by atoms with van der Waals surface area (Å²) in [7, 11) is 2.87. The van der Waals surface area contributed by atoms with Crippen LogP contribution >= 0.6 is 0 Å². The summed E-state index contributed by atoms with van der Waals surface area (Å²) < 4.78 is 15.5. The predicted octanol–water partition coefficient (Wildman–Crippen LogP) is 3.54. The lowest BCUT2D eigenvalue weighted by Gasteiger charge is -2.33. The Hall–Kier alpha value is -2.44. The standard InChI is InChI=1S/C20H30N2O5/c1-20(2,3)27-19(24)22-10-8-14(9-11-22)13-21-15-6-7-16(18(23)26-5)17(12-15)25-4/h6-7,12,14,21H,8-11,13H2,1-5H3. The quantitative estimate of drug-likeness (QED) is 0.790. The molecule has 7 nitrogen and oxygen atoms in total. The van der Waals surface area contributed by atoms with Gasteiger partial charge < -0.3 is 24.4 Å². The van der Waals surface area contributed by atoms with Gasteiger partial charge in [-0.05, 0) is 51.7 Å². The molecule has 7 heteroatoms. The highest BCUT2D eigenvalue weighted by Crippen LogP contribution is 2.25. The van der Waals surface area contributed by atoms with Gasteiger partial charge in [0.2, 0.25) is 0 Å². The van der Waals surface area contributed by atoms with Crippen molar-refractivity contribution < 1.29 is 23.8 Å². The lowest BCUT2D eigenvalue weighted by atomic mass is 9.97. The molecule has 1 aliphatic rings. The van der Waals surface area contributed by atoms with E-state index in [2.05, 4.69) is 5.32 Å². The monoisotopic (exact) mass is 378 g/mol. The molecule has 0 bridgehead atoms. The number of nitrogens with zero attached hydrogens (tertiary/aromatic N) is 1. The maximum Gasteiger partial charge on any atom is 0.410 e. The van der Waals surface area contributed by atoms with Crippen LogP contribution in [0.5, 0.6) is 5.75 Å². The molecule has 1 aromatic rings. The van der Waals surface area contributed by atoms with Gasteiger partial charge in [-0.25, -0.2) is 9.59 Å². The van der Waals surface area contributed by atoms with Crippen LogP contribution in [0.1, 0.15) is 44.0 Å². The average molecular weight is 378 g/mol. The van der Waals surface area contributed by atoms with E-state index in [0.717, 1.165) is 25.1 Å². The lowest BCUT2D eigenvalue weighted by molar-refractivity contribution is 0.0188. The number of carbonyl (C=O) groups excluding carboxylic acids is 2. The number of nitrogens with one attached hydrogen (secondary N) is 1. The summed E-state index contributed by atoms with van der Waals surface area (Å²) in [6.45, 7) is 7.82. The number of methoxy groups -OCH3 is 2. The summed E-state index contributed by atoms with van der Waals surface area (Å²) in [4.78, 5) is 25.6. The van der Waals surface area contributed by atoms with Crippen molar-refractivity contribution in [1.29, 1.82) is 0 Å². The number of hydrogen-bond acceptors (Lipinski definition) is 6. The summed E-state index contributed by atoms with van der Waals surface area (Å²) in [5, 5.41) is 3.39. The summed E-state index contributed by atoms with van der Waals surface area (Å²) in [5.41, 5.74) is 0.815. The van der Waals surface area contributed by atoms with Crippen LogP contribution in [-0.2, 0) is 9.47 Å². The van der Waals surface area contributed by atoms with E-state index in [0.29, 0.717) is 30.3 Å². The molecule has 1 fully saturated rings. The highest BCUT2D eigenvalue weighted by Gasteiger charge is 2.26. The molecule has 1 saturated heterocycles. The number of esters is 1. The lowest BCUT2D eigenvalue weighted by Crippen LogP contribution is -2.42. The minimum absolute atomic E-state index is 0.239. The Morgan fingerprint density at radius 2 is 1.85 bits per heavy atom. The smallest absolute Gasteiger partial charge is 0.410 e. The molecule has 1 N–H and O–H groups in total. The van der Waals surface area contributed by atoms with Crippen LogP contribution in [0.4, 0.5) is 10.5 Å². The second-order valence-electron chi connectivity index (χ2n) is 7.70. The van der Waals surface area contributed by atoms with Crippen LogP contribution in [0.3, 0.4) is 0 Å². The Balaban J connectivity index is 1.85. The van der Waals surface area contributed by atoms with Crippen LogP contribution in [0.2, 0.25) is 0 Å². The zero-order valence-corrected chi connectivity index (χ0v) is 16.8. The number of hydrogen-bond donors (Lipinski definition) is 1. The van der Waals surface area contributed by atoms with E-state index in [1.807, 2.05) is 26.8 Å². The molecule has 0 atom stereocenters. The van der Waals surface area contributed by atoms with Gasteiger partial charge in [-0.1, -0.05) is 0 Å². The van der Waals surface area contributed by atoms with Crippen molar-refractivity contribution in [1.82, 2.24) is 4.90 Å². The molecule has 1 aliphatic heterocycles. The zero-order chi connectivity index (χ0) is 20.0. The van der Waals surface area contributed by atoms with E-state index in [9.17, 15) is 9.59 Å². The minimum atomic E-state index is -0.467. The number of amides is 1. The normalized spacial score (nSPS) is 15.2. The first-order valence-corrected chi connectivity index (χ1v) is 9.21. The van der Waals surface area contributed by atoms with E-state index >= 15 is 0 Å². The highest BCUT2D eigenvalue weighted by atomic mass is 16.6. The second kappa shape index (κ2) is 8.97. The van der Waals surface area contributed by atoms with Crippen LogP contribution < -0.4 is 10.1 Å². The molecule has 1 amide bonds. The number of anilines is 1. The topological polar surface area (TPSA) is 77.1 Å². The molecule has 1 heterocycles. The fourth-order valence-corrected chi connectivity index (χ4v) is 2.99. The molecule has 0 aromatic heterocycles. The Morgan fingerprint density at radius 1 is 1.19 bits per heavy atom. The van der Waals surface area contributed by atoms with E-state index in [1.165, 1.54) is 14.2 Å². The zero-order valence-electron chi connectivity index (χ0n) is 16.8. The first-order chi connectivity index (χ1) is 12.7. The van der Waals surface area contributed by atoms with Gasteiger partial charge in [0.1, 0.15) is 16.9 Å². The van der Waals surface area contributed by atoms with E-state index in [1.54, 1.807) is 17.0 Å². The van der Waals surface area contributed by atoms with Crippen LogP contribution in [0.25, 0.3) is 0 Å². The summed E-state index contributed by atoms with van der Waals surface area (Å²) in [6.07, 6.45) is 1.60. The van der Waals surface area contributed by atoms with Crippen molar-refractivity contribution in [2.45, 2.75) is 39.2 Å². The Labute approximate surface area is 161 Å². The minimum Gasteiger partial charge on any atom is -0.496 e. The van der Waals surface area contributed by atoms with Gasteiger partial charge in [-0.2, -0.15) is 0 Å².